The highest BCUT2D eigenvalue weighted by Crippen LogP contribution is 2.14. The van der Waals surface area contributed by atoms with Gasteiger partial charge in [0.1, 0.15) is 0 Å². The first-order valence-electron chi connectivity index (χ1n) is 6.00. The third-order valence-electron chi connectivity index (χ3n) is 3.06. The van der Waals surface area contributed by atoms with Gasteiger partial charge in [-0.3, -0.25) is 4.68 Å². The average molecular weight is 245 g/mol. The lowest BCUT2D eigenvalue weighted by Gasteiger charge is -2.08. The average Bonchev–Trinajstić information content (AvgIpc) is 2.69. The van der Waals surface area contributed by atoms with E-state index in [-0.39, 0.29) is 0 Å². The van der Waals surface area contributed by atoms with E-state index in [1.807, 2.05) is 24.0 Å². The summed E-state index contributed by atoms with van der Waals surface area (Å²) in [6.07, 6.45) is 1.90. The Morgan fingerprint density at radius 2 is 2.22 bits per heavy atom. The minimum absolute atomic E-state index is 0.640. The molecule has 0 aliphatic carbocycles. The van der Waals surface area contributed by atoms with Crippen LogP contribution < -0.4 is 5.32 Å². The topological polar surface area (TPSA) is 39.1 Å². The molecule has 4 heteroatoms. The second-order valence-electron chi connectivity index (χ2n) is 4.37. The summed E-state index contributed by atoms with van der Waals surface area (Å²) >= 11 is 0. The van der Waals surface area contributed by atoms with Crippen LogP contribution in [0.15, 0.2) is 30.5 Å². The van der Waals surface area contributed by atoms with Crippen LogP contribution in [0.1, 0.15) is 16.8 Å². The lowest BCUT2D eigenvalue weighted by atomic mass is 10.2. The van der Waals surface area contributed by atoms with Crippen molar-refractivity contribution in [1.82, 2.24) is 9.78 Å². The van der Waals surface area contributed by atoms with Gasteiger partial charge in [-0.1, -0.05) is 12.1 Å². The number of aromatic nitrogens is 2. The number of rotatable bonds is 5. The first kappa shape index (κ1) is 12.6. The third kappa shape index (κ3) is 2.90. The Labute approximate surface area is 108 Å². The number of benzene rings is 1. The van der Waals surface area contributed by atoms with E-state index in [2.05, 4.69) is 35.5 Å². The molecule has 96 valence electrons. The molecule has 18 heavy (non-hydrogen) atoms. The second-order valence-corrected chi connectivity index (χ2v) is 4.37. The molecule has 0 bridgehead atoms. The summed E-state index contributed by atoms with van der Waals surface area (Å²) < 4.78 is 7.01. The van der Waals surface area contributed by atoms with E-state index < -0.39 is 0 Å². The molecule has 0 spiro atoms. The van der Waals surface area contributed by atoms with Crippen molar-refractivity contribution in [3.05, 3.63) is 47.3 Å². The summed E-state index contributed by atoms with van der Waals surface area (Å²) in [5.41, 5.74) is 4.68. The smallest absolute Gasteiger partial charge is 0.0713 e. The minimum Gasteiger partial charge on any atom is -0.381 e. The van der Waals surface area contributed by atoms with E-state index in [0.29, 0.717) is 6.61 Å². The van der Waals surface area contributed by atoms with Crippen LogP contribution in [0.25, 0.3) is 0 Å². The zero-order chi connectivity index (χ0) is 13.0. The van der Waals surface area contributed by atoms with Crippen LogP contribution >= 0.6 is 0 Å². The molecule has 1 N–H and O–H groups in total. The van der Waals surface area contributed by atoms with Crippen molar-refractivity contribution < 1.29 is 4.74 Å². The van der Waals surface area contributed by atoms with Gasteiger partial charge in [0.2, 0.25) is 0 Å². The Morgan fingerprint density at radius 3 is 2.89 bits per heavy atom. The van der Waals surface area contributed by atoms with Crippen LogP contribution in [0.3, 0.4) is 0 Å². The minimum atomic E-state index is 0.640. The van der Waals surface area contributed by atoms with Crippen molar-refractivity contribution in [3.8, 4) is 0 Å². The summed E-state index contributed by atoms with van der Waals surface area (Å²) in [5, 5.41) is 7.64. The van der Waals surface area contributed by atoms with Gasteiger partial charge in [0.15, 0.2) is 0 Å². The molecule has 0 aliphatic heterocycles. The first-order chi connectivity index (χ1) is 8.70. The van der Waals surface area contributed by atoms with E-state index in [1.165, 1.54) is 16.8 Å². The van der Waals surface area contributed by atoms with Gasteiger partial charge in [-0.25, -0.2) is 0 Å². The van der Waals surface area contributed by atoms with Gasteiger partial charge in [0.25, 0.3) is 0 Å². The molecular formula is C14H19N3O. The number of hydrogen-bond donors (Lipinski definition) is 1. The number of nitrogens with one attached hydrogen (secondary N) is 1. The van der Waals surface area contributed by atoms with Crippen LogP contribution in [0.2, 0.25) is 0 Å². The van der Waals surface area contributed by atoms with Crippen LogP contribution in [0.5, 0.6) is 0 Å². The molecule has 0 saturated heterocycles. The summed E-state index contributed by atoms with van der Waals surface area (Å²) in [4.78, 5) is 0. The molecule has 0 amide bonds. The van der Waals surface area contributed by atoms with Crippen LogP contribution in [-0.2, 0) is 24.9 Å². The van der Waals surface area contributed by atoms with Crippen molar-refractivity contribution >= 4 is 5.69 Å². The van der Waals surface area contributed by atoms with Gasteiger partial charge in [-0.05, 0) is 24.6 Å². The fourth-order valence-electron chi connectivity index (χ4n) is 1.85. The van der Waals surface area contributed by atoms with E-state index in [9.17, 15) is 0 Å². The molecule has 1 heterocycles. The first-order valence-corrected chi connectivity index (χ1v) is 6.00. The van der Waals surface area contributed by atoms with Gasteiger partial charge in [-0.15, -0.1) is 0 Å². The molecule has 2 aromatic rings. The summed E-state index contributed by atoms with van der Waals surface area (Å²) in [7, 11) is 3.66. The van der Waals surface area contributed by atoms with Gasteiger partial charge >= 0.3 is 0 Å². The number of aryl methyl sites for hydroxylation is 1. The zero-order valence-electron chi connectivity index (χ0n) is 11.1. The van der Waals surface area contributed by atoms with Crippen LogP contribution in [0.4, 0.5) is 5.69 Å². The van der Waals surface area contributed by atoms with Gasteiger partial charge in [0, 0.05) is 37.6 Å². The van der Waals surface area contributed by atoms with E-state index >= 15 is 0 Å². The largest absolute Gasteiger partial charge is 0.381 e. The fourth-order valence-corrected chi connectivity index (χ4v) is 1.85. The maximum atomic E-state index is 5.13. The quantitative estimate of drug-likeness (QED) is 0.879. The van der Waals surface area contributed by atoms with E-state index in [1.54, 1.807) is 7.11 Å². The molecule has 0 saturated carbocycles. The van der Waals surface area contributed by atoms with Crippen molar-refractivity contribution in [2.75, 3.05) is 12.4 Å². The van der Waals surface area contributed by atoms with Gasteiger partial charge in [0.05, 0.1) is 12.8 Å². The zero-order valence-corrected chi connectivity index (χ0v) is 11.1. The lowest BCUT2D eigenvalue weighted by Crippen LogP contribution is -2.02. The molecule has 4 nitrogen and oxygen atoms in total. The predicted molar refractivity (Wildman–Crippen MR) is 72.4 cm³/mol. The Balaban J connectivity index is 2.01. The van der Waals surface area contributed by atoms with Crippen molar-refractivity contribution in [1.29, 1.82) is 0 Å². The maximum Gasteiger partial charge on any atom is 0.0713 e. The molecule has 0 fully saturated rings. The van der Waals surface area contributed by atoms with Gasteiger partial charge in [-0.2, -0.15) is 5.10 Å². The van der Waals surface area contributed by atoms with Crippen molar-refractivity contribution in [3.63, 3.8) is 0 Å². The molecule has 0 aliphatic rings. The van der Waals surface area contributed by atoms with E-state index in [4.69, 9.17) is 4.74 Å². The molecule has 1 aromatic heterocycles. The molecule has 2 rings (SSSR count). The highest BCUT2D eigenvalue weighted by Gasteiger charge is 2.03. The normalized spacial score (nSPS) is 10.6. The van der Waals surface area contributed by atoms with Crippen LogP contribution in [0, 0.1) is 6.92 Å². The molecule has 0 atom stereocenters. The van der Waals surface area contributed by atoms with Crippen molar-refractivity contribution in [2.45, 2.75) is 20.1 Å². The predicted octanol–water partition coefficient (Wildman–Crippen LogP) is 2.49. The third-order valence-corrected chi connectivity index (χ3v) is 3.06. The summed E-state index contributed by atoms with van der Waals surface area (Å²) in [6.45, 7) is 3.50. The Kier molecular flexibility index (Phi) is 3.99. The molecule has 0 radical (unpaired) electrons. The maximum absolute atomic E-state index is 5.13. The monoisotopic (exact) mass is 245 g/mol. The fraction of sp³-hybridized carbons (Fsp3) is 0.357. The standard InChI is InChI=1S/C14H19N3O/c1-11-13(9-16-17(11)2)8-15-14-6-4-5-12(7-14)10-18-3/h4-7,9,15H,8,10H2,1-3H3. The summed E-state index contributed by atoms with van der Waals surface area (Å²) in [5.74, 6) is 0. The highest BCUT2D eigenvalue weighted by atomic mass is 16.5. The Hall–Kier alpha value is -1.81. The number of anilines is 1. The van der Waals surface area contributed by atoms with Crippen LogP contribution in [-0.4, -0.2) is 16.9 Å². The lowest BCUT2D eigenvalue weighted by molar-refractivity contribution is 0.185. The highest BCUT2D eigenvalue weighted by molar-refractivity contribution is 5.46. The number of ether oxygens (including phenoxy) is 1. The van der Waals surface area contributed by atoms with Crippen molar-refractivity contribution in [2.24, 2.45) is 7.05 Å². The van der Waals surface area contributed by atoms with E-state index in [0.717, 1.165) is 12.2 Å². The Morgan fingerprint density at radius 1 is 1.39 bits per heavy atom. The number of methoxy groups -OCH3 is 1. The molecular weight excluding hydrogens is 226 g/mol. The van der Waals surface area contributed by atoms with Gasteiger partial charge < -0.3 is 10.1 Å². The Bertz CT molecular complexity index is 520. The SMILES string of the molecule is COCc1cccc(NCc2cnn(C)c2C)c1. The second kappa shape index (κ2) is 5.69. The molecule has 1 aromatic carbocycles. The number of hydrogen-bond acceptors (Lipinski definition) is 3. The summed E-state index contributed by atoms with van der Waals surface area (Å²) in [6, 6.07) is 8.26. The number of nitrogens with zero attached hydrogens (tertiary/aromatic N) is 2. The molecule has 0 unspecified atom stereocenters.